The van der Waals surface area contributed by atoms with Crippen LogP contribution in [0.5, 0.6) is 0 Å². The molecule has 1 aromatic heterocycles. The van der Waals surface area contributed by atoms with Gasteiger partial charge in [-0.2, -0.15) is 13.2 Å². The zero-order valence-corrected chi connectivity index (χ0v) is 17.8. The highest BCUT2D eigenvalue weighted by atomic mass is 19.4. The molecule has 1 atom stereocenters. The number of ether oxygens (including phenoxy) is 1. The molecule has 170 valence electrons. The summed E-state index contributed by atoms with van der Waals surface area (Å²) in [5, 5.41) is 9.29. The van der Waals surface area contributed by atoms with E-state index < -0.39 is 11.9 Å². The van der Waals surface area contributed by atoms with Crippen molar-refractivity contribution in [1.29, 1.82) is 0 Å². The Bertz CT molecular complexity index is 664. The highest BCUT2D eigenvalue weighted by Crippen LogP contribution is 2.27. The minimum Gasteiger partial charge on any atom is -0.379 e. The number of nitrogens with one attached hydrogen (secondary N) is 3. The van der Waals surface area contributed by atoms with Crippen molar-refractivity contribution in [3.63, 3.8) is 0 Å². The molecule has 0 amide bonds. The summed E-state index contributed by atoms with van der Waals surface area (Å²) in [6, 6.07) is 1.22. The molecule has 1 aliphatic heterocycles. The first kappa shape index (κ1) is 24.1. The van der Waals surface area contributed by atoms with E-state index in [2.05, 4.69) is 49.7 Å². The number of morpholine rings is 1. The zero-order valence-electron chi connectivity index (χ0n) is 17.8. The number of alkyl halides is 3. The molecule has 8 nitrogen and oxygen atoms in total. The third-order valence-corrected chi connectivity index (χ3v) is 4.68. The van der Waals surface area contributed by atoms with Crippen molar-refractivity contribution in [2.45, 2.75) is 32.5 Å². The number of hydrogen-bond acceptors (Lipinski definition) is 6. The van der Waals surface area contributed by atoms with Gasteiger partial charge in [0.1, 0.15) is 5.69 Å². The molecule has 1 saturated heterocycles. The van der Waals surface area contributed by atoms with Crippen LogP contribution in [0, 0.1) is 5.92 Å². The summed E-state index contributed by atoms with van der Waals surface area (Å²) < 4.78 is 43.6. The van der Waals surface area contributed by atoms with E-state index in [9.17, 15) is 13.2 Å². The fourth-order valence-corrected chi connectivity index (χ4v) is 3.24. The van der Waals surface area contributed by atoms with Gasteiger partial charge in [0.15, 0.2) is 5.96 Å². The third kappa shape index (κ3) is 8.31. The first-order chi connectivity index (χ1) is 14.3. The maximum atomic E-state index is 12.7. The van der Waals surface area contributed by atoms with E-state index in [1.807, 2.05) is 0 Å². The van der Waals surface area contributed by atoms with E-state index in [0.29, 0.717) is 31.0 Å². The fourth-order valence-electron chi connectivity index (χ4n) is 3.24. The normalized spacial score (nSPS) is 17.1. The van der Waals surface area contributed by atoms with Gasteiger partial charge in [0.25, 0.3) is 0 Å². The van der Waals surface area contributed by atoms with Crippen molar-refractivity contribution in [3.8, 4) is 0 Å². The van der Waals surface area contributed by atoms with Crippen LogP contribution in [0.1, 0.15) is 26.0 Å². The van der Waals surface area contributed by atoms with Crippen molar-refractivity contribution in [2.75, 3.05) is 58.3 Å². The van der Waals surface area contributed by atoms with Crippen LogP contribution in [0.3, 0.4) is 0 Å². The van der Waals surface area contributed by atoms with Crippen LogP contribution in [0.2, 0.25) is 0 Å². The Morgan fingerprint density at radius 1 is 1.23 bits per heavy atom. The Hall–Kier alpha value is -2.14. The Labute approximate surface area is 175 Å². The topological polar surface area (TPSA) is 86.7 Å². The van der Waals surface area contributed by atoms with Crippen LogP contribution in [0.15, 0.2) is 17.3 Å². The molecule has 11 heteroatoms. The lowest BCUT2D eigenvalue weighted by Gasteiger charge is -2.35. The van der Waals surface area contributed by atoms with Gasteiger partial charge in [0, 0.05) is 52.0 Å². The first-order valence-corrected chi connectivity index (χ1v) is 10.2. The van der Waals surface area contributed by atoms with Gasteiger partial charge in [-0.05, 0) is 18.4 Å². The van der Waals surface area contributed by atoms with Crippen LogP contribution < -0.4 is 16.0 Å². The number of aromatic nitrogens is 2. The maximum Gasteiger partial charge on any atom is 0.433 e. The van der Waals surface area contributed by atoms with Crippen LogP contribution in [0.25, 0.3) is 0 Å². The van der Waals surface area contributed by atoms with Gasteiger partial charge >= 0.3 is 6.18 Å². The van der Waals surface area contributed by atoms with Crippen molar-refractivity contribution in [3.05, 3.63) is 18.0 Å². The molecule has 2 heterocycles. The predicted molar refractivity (Wildman–Crippen MR) is 111 cm³/mol. The summed E-state index contributed by atoms with van der Waals surface area (Å²) >= 11 is 0. The summed E-state index contributed by atoms with van der Waals surface area (Å²) in [6.45, 7) is 9.33. The monoisotopic (exact) mass is 431 g/mol. The Morgan fingerprint density at radius 2 is 1.97 bits per heavy atom. The van der Waals surface area contributed by atoms with Gasteiger partial charge in [-0.3, -0.25) is 9.89 Å². The molecule has 3 N–H and O–H groups in total. The minimum atomic E-state index is -4.49. The predicted octanol–water partition coefficient (Wildman–Crippen LogP) is 1.82. The highest BCUT2D eigenvalue weighted by Gasteiger charge is 2.32. The molecule has 0 spiro atoms. The molecule has 1 aromatic rings. The van der Waals surface area contributed by atoms with Crippen LogP contribution in [-0.2, 0) is 10.9 Å². The quantitative estimate of drug-likeness (QED) is 0.312. The minimum absolute atomic E-state index is 0.0566. The second kappa shape index (κ2) is 11.9. The number of hydrogen-bond donors (Lipinski definition) is 3. The van der Waals surface area contributed by atoms with Crippen molar-refractivity contribution in [1.82, 2.24) is 25.5 Å². The molecule has 1 unspecified atom stereocenters. The molecular formula is C19H32F3N7O. The number of nitrogens with zero attached hydrogens (tertiary/aromatic N) is 4. The molecular weight excluding hydrogens is 399 g/mol. The molecule has 1 aliphatic rings. The maximum absolute atomic E-state index is 12.7. The molecule has 0 aromatic carbocycles. The van der Waals surface area contributed by atoms with Crippen molar-refractivity contribution in [2.24, 2.45) is 10.9 Å². The molecule has 0 saturated carbocycles. The molecule has 0 aliphatic carbocycles. The summed E-state index contributed by atoms with van der Waals surface area (Å²) in [6.07, 6.45) is -2.33. The van der Waals surface area contributed by atoms with Crippen LogP contribution >= 0.6 is 0 Å². The fraction of sp³-hybridized carbons (Fsp3) is 0.737. The van der Waals surface area contributed by atoms with Gasteiger partial charge in [-0.1, -0.05) is 13.8 Å². The lowest BCUT2D eigenvalue weighted by atomic mass is 10.0. The Balaban J connectivity index is 1.77. The van der Waals surface area contributed by atoms with Gasteiger partial charge < -0.3 is 20.7 Å². The number of halogens is 3. The largest absolute Gasteiger partial charge is 0.433 e. The number of rotatable bonds is 9. The van der Waals surface area contributed by atoms with E-state index in [-0.39, 0.29) is 5.95 Å². The van der Waals surface area contributed by atoms with Crippen LogP contribution in [0.4, 0.5) is 19.1 Å². The summed E-state index contributed by atoms with van der Waals surface area (Å²) in [5.41, 5.74) is -0.968. The van der Waals surface area contributed by atoms with Crippen LogP contribution in [-0.4, -0.2) is 79.9 Å². The number of anilines is 1. The van der Waals surface area contributed by atoms with Gasteiger partial charge in [0.05, 0.1) is 13.2 Å². The highest BCUT2D eigenvalue weighted by molar-refractivity contribution is 5.79. The van der Waals surface area contributed by atoms with Crippen molar-refractivity contribution < 1.29 is 17.9 Å². The lowest BCUT2D eigenvalue weighted by Crippen LogP contribution is -2.51. The zero-order chi connectivity index (χ0) is 22.0. The smallest absolute Gasteiger partial charge is 0.379 e. The number of aliphatic imine (C=N–C) groups is 1. The Morgan fingerprint density at radius 3 is 2.60 bits per heavy atom. The third-order valence-electron chi connectivity index (χ3n) is 4.68. The van der Waals surface area contributed by atoms with Gasteiger partial charge in [-0.15, -0.1) is 0 Å². The average molecular weight is 432 g/mol. The van der Waals surface area contributed by atoms with E-state index >= 15 is 0 Å². The molecule has 2 rings (SSSR count). The van der Waals surface area contributed by atoms with Gasteiger partial charge in [0.2, 0.25) is 5.95 Å². The summed E-state index contributed by atoms with van der Waals surface area (Å²) in [7, 11) is 1.69. The summed E-state index contributed by atoms with van der Waals surface area (Å²) in [5.74, 6) is 1.16. The van der Waals surface area contributed by atoms with E-state index in [0.717, 1.165) is 51.5 Å². The van der Waals surface area contributed by atoms with Gasteiger partial charge in [-0.25, -0.2) is 9.97 Å². The summed E-state index contributed by atoms with van der Waals surface area (Å²) in [4.78, 5) is 14.0. The molecule has 1 fully saturated rings. The van der Waals surface area contributed by atoms with E-state index in [4.69, 9.17) is 4.74 Å². The lowest BCUT2D eigenvalue weighted by molar-refractivity contribution is -0.141. The second-order valence-corrected chi connectivity index (χ2v) is 7.50. The van der Waals surface area contributed by atoms with E-state index in [1.54, 1.807) is 7.05 Å². The molecule has 30 heavy (non-hydrogen) atoms. The Kier molecular flexibility index (Phi) is 9.57. The molecule has 0 radical (unpaired) electrons. The second-order valence-electron chi connectivity index (χ2n) is 7.50. The SMILES string of the molecule is CN=C(NCCNc1nccc(C(F)(F)F)n1)NCC(CC(C)C)N1CCOCC1. The van der Waals surface area contributed by atoms with E-state index in [1.165, 1.54) is 0 Å². The standard InChI is InChI=1S/C19H32F3N7O/c1-14(2)12-15(29-8-10-30-11-9-29)13-27-17(23-3)25-6-7-26-18-24-5-4-16(28-18)19(20,21)22/h4-5,14-15H,6-13H2,1-3H3,(H2,23,25,27)(H,24,26,28). The number of guanidine groups is 1. The first-order valence-electron chi connectivity index (χ1n) is 10.2. The van der Waals surface area contributed by atoms with Crippen molar-refractivity contribution >= 4 is 11.9 Å². The molecule has 0 bridgehead atoms. The average Bonchev–Trinajstić information content (AvgIpc) is 2.72.